The van der Waals surface area contributed by atoms with E-state index in [4.69, 9.17) is 9.15 Å². The van der Waals surface area contributed by atoms with Crippen molar-refractivity contribution >= 4 is 29.9 Å². The highest BCUT2D eigenvalue weighted by molar-refractivity contribution is 14.0. The number of rotatable bonds is 4. The molecule has 0 aliphatic carbocycles. The molecule has 7 heteroatoms. The number of nitrogens with zero attached hydrogens (tertiary/aromatic N) is 2. The first kappa shape index (κ1) is 18.2. The summed E-state index contributed by atoms with van der Waals surface area (Å²) in [5.41, 5.74) is 0. The Morgan fingerprint density at radius 1 is 1.38 bits per heavy atom. The maximum Gasteiger partial charge on any atom is 0.190 e. The van der Waals surface area contributed by atoms with Gasteiger partial charge in [0, 0.05) is 33.7 Å². The van der Waals surface area contributed by atoms with Crippen molar-refractivity contribution in [3.63, 3.8) is 0 Å². The van der Waals surface area contributed by atoms with E-state index >= 15 is 0 Å². The average molecular weight is 408 g/mol. The Morgan fingerprint density at radius 2 is 2.10 bits per heavy atom. The Labute approximate surface area is 143 Å². The molecule has 21 heavy (non-hydrogen) atoms. The summed E-state index contributed by atoms with van der Waals surface area (Å²) in [5, 5.41) is 6.35. The normalized spacial score (nSPS) is 18.0. The second-order valence-electron chi connectivity index (χ2n) is 4.82. The van der Waals surface area contributed by atoms with Crippen LogP contribution in [0.4, 0.5) is 0 Å². The Balaban J connectivity index is 0.00000220. The first-order valence-corrected chi connectivity index (χ1v) is 7.01. The summed E-state index contributed by atoms with van der Waals surface area (Å²) in [6.07, 6.45) is 0. The first-order chi connectivity index (χ1) is 9.74. The molecule has 6 nitrogen and oxygen atoms in total. The van der Waals surface area contributed by atoms with Crippen molar-refractivity contribution in [2.75, 3.05) is 46.9 Å². The molecule has 0 bridgehead atoms. The van der Waals surface area contributed by atoms with Crippen molar-refractivity contribution in [1.29, 1.82) is 0 Å². The molecule has 1 aliphatic heterocycles. The van der Waals surface area contributed by atoms with Gasteiger partial charge in [-0.1, -0.05) is 0 Å². The van der Waals surface area contributed by atoms with Gasteiger partial charge < -0.3 is 19.8 Å². The van der Waals surface area contributed by atoms with Gasteiger partial charge in [-0.3, -0.25) is 9.89 Å². The van der Waals surface area contributed by atoms with Crippen LogP contribution in [-0.2, 0) is 4.74 Å². The first-order valence-electron chi connectivity index (χ1n) is 7.01. The van der Waals surface area contributed by atoms with E-state index in [1.807, 2.05) is 20.0 Å². The Bertz CT molecular complexity index is 444. The third-order valence-corrected chi connectivity index (χ3v) is 3.50. The van der Waals surface area contributed by atoms with Gasteiger partial charge in [-0.2, -0.15) is 0 Å². The average Bonchev–Trinajstić information content (AvgIpc) is 2.91. The van der Waals surface area contributed by atoms with Crippen molar-refractivity contribution in [3.8, 4) is 0 Å². The van der Waals surface area contributed by atoms with Crippen molar-refractivity contribution in [2.45, 2.75) is 13.0 Å². The molecular weight excluding hydrogens is 383 g/mol. The van der Waals surface area contributed by atoms with Crippen LogP contribution in [0.2, 0.25) is 0 Å². The number of morpholine rings is 1. The van der Waals surface area contributed by atoms with Crippen molar-refractivity contribution in [1.82, 2.24) is 15.5 Å². The molecule has 1 saturated heterocycles. The fourth-order valence-electron chi connectivity index (χ4n) is 2.40. The molecule has 0 amide bonds. The van der Waals surface area contributed by atoms with Gasteiger partial charge >= 0.3 is 0 Å². The van der Waals surface area contributed by atoms with Crippen LogP contribution in [-0.4, -0.2) is 57.8 Å². The van der Waals surface area contributed by atoms with E-state index in [9.17, 15) is 0 Å². The summed E-state index contributed by atoms with van der Waals surface area (Å²) in [6, 6.07) is 4.26. The van der Waals surface area contributed by atoms with Crippen LogP contribution in [0, 0.1) is 6.92 Å². The van der Waals surface area contributed by atoms with Gasteiger partial charge in [0.05, 0.1) is 19.3 Å². The highest BCUT2D eigenvalue weighted by Crippen LogP contribution is 2.23. The zero-order chi connectivity index (χ0) is 14.4. The van der Waals surface area contributed by atoms with Gasteiger partial charge in [-0.15, -0.1) is 24.0 Å². The maximum absolute atomic E-state index is 5.82. The fraction of sp³-hybridized carbons (Fsp3) is 0.643. The standard InChI is InChI=1S/C14H24N4O2.HI/c1-11-4-5-13(20-11)12(10-17-14(15-2)16-3)18-6-8-19-9-7-18;/h4-5,12H,6-10H2,1-3H3,(H2,15,16,17);1H. The van der Waals surface area contributed by atoms with Crippen LogP contribution in [0.5, 0.6) is 0 Å². The third-order valence-electron chi connectivity index (χ3n) is 3.50. The quantitative estimate of drug-likeness (QED) is 0.448. The van der Waals surface area contributed by atoms with Gasteiger partial charge in [-0.05, 0) is 19.1 Å². The highest BCUT2D eigenvalue weighted by Gasteiger charge is 2.25. The lowest BCUT2D eigenvalue weighted by atomic mass is 10.1. The molecule has 1 aromatic heterocycles. The molecular formula is C14H25IN4O2. The number of furan rings is 1. The summed E-state index contributed by atoms with van der Waals surface area (Å²) in [6.45, 7) is 6.11. The van der Waals surface area contributed by atoms with Crippen molar-refractivity contribution < 1.29 is 9.15 Å². The molecule has 1 aromatic rings. The van der Waals surface area contributed by atoms with Gasteiger partial charge in [0.1, 0.15) is 11.5 Å². The molecule has 0 radical (unpaired) electrons. The molecule has 1 atom stereocenters. The highest BCUT2D eigenvalue weighted by atomic mass is 127. The summed E-state index contributed by atoms with van der Waals surface area (Å²) in [5.74, 6) is 2.71. The minimum Gasteiger partial charge on any atom is -0.465 e. The summed E-state index contributed by atoms with van der Waals surface area (Å²) in [4.78, 5) is 6.53. The molecule has 1 aliphatic rings. The largest absolute Gasteiger partial charge is 0.465 e. The van der Waals surface area contributed by atoms with Gasteiger partial charge in [-0.25, -0.2) is 0 Å². The Hall–Kier alpha value is -0.800. The molecule has 1 unspecified atom stereocenters. The summed E-state index contributed by atoms with van der Waals surface area (Å²) < 4.78 is 11.2. The molecule has 0 saturated carbocycles. The fourth-order valence-corrected chi connectivity index (χ4v) is 2.40. The number of halogens is 1. The zero-order valence-electron chi connectivity index (χ0n) is 12.9. The number of ether oxygens (including phenoxy) is 1. The Kier molecular flexibility index (Phi) is 8.05. The predicted molar refractivity (Wildman–Crippen MR) is 94.4 cm³/mol. The van der Waals surface area contributed by atoms with E-state index in [1.165, 1.54) is 0 Å². The van der Waals surface area contributed by atoms with Gasteiger partial charge in [0.2, 0.25) is 0 Å². The van der Waals surface area contributed by atoms with Crippen LogP contribution in [0.3, 0.4) is 0 Å². The van der Waals surface area contributed by atoms with E-state index in [1.54, 1.807) is 7.05 Å². The number of nitrogens with one attached hydrogen (secondary N) is 2. The van der Waals surface area contributed by atoms with E-state index in [0.717, 1.165) is 50.3 Å². The van der Waals surface area contributed by atoms with E-state index in [-0.39, 0.29) is 30.0 Å². The number of aryl methyl sites for hydroxylation is 1. The second-order valence-corrected chi connectivity index (χ2v) is 4.82. The van der Waals surface area contributed by atoms with Crippen LogP contribution in [0.1, 0.15) is 17.6 Å². The molecule has 2 rings (SSSR count). The zero-order valence-corrected chi connectivity index (χ0v) is 15.2. The smallest absolute Gasteiger partial charge is 0.190 e. The lowest BCUT2D eigenvalue weighted by molar-refractivity contribution is 0.0124. The van der Waals surface area contributed by atoms with Crippen LogP contribution >= 0.6 is 24.0 Å². The molecule has 0 spiro atoms. The maximum atomic E-state index is 5.82. The minimum atomic E-state index is 0. The SMILES string of the molecule is CN=C(NC)NCC(c1ccc(C)o1)N1CCOCC1.I. The monoisotopic (exact) mass is 408 g/mol. The number of guanidine groups is 1. The third kappa shape index (κ3) is 5.15. The molecule has 2 N–H and O–H groups in total. The minimum absolute atomic E-state index is 0. The van der Waals surface area contributed by atoms with E-state index < -0.39 is 0 Å². The number of aliphatic imine (C=N–C) groups is 1. The molecule has 120 valence electrons. The predicted octanol–water partition coefficient (Wildman–Crippen LogP) is 1.37. The number of hydrogen-bond acceptors (Lipinski definition) is 4. The topological polar surface area (TPSA) is 62.0 Å². The molecule has 0 aromatic carbocycles. The lowest BCUT2D eigenvalue weighted by Gasteiger charge is -2.33. The second kappa shape index (κ2) is 9.26. The van der Waals surface area contributed by atoms with Crippen LogP contribution < -0.4 is 10.6 Å². The summed E-state index contributed by atoms with van der Waals surface area (Å²) in [7, 11) is 3.62. The van der Waals surface area contributed by atoms with Crippen molar-refractivity contribution in [2.24, 2.45) is 4.99 Å². The van der Waals surface area contributed by atoms with E-state index in [2.05, 4.69) is 26.6 Å². The molecule has 2 heterocycles. The van der Waals surface area contributed by atoms with E-state index in [0.29, 0.717) is 0 Å². The van der Waals surface area contributed by atoms with Gasteiger partial charge in [0.25, 0.3) is 0 Å². The summed E-state index contributed by atoms with van der Waals surface area (Å²) >= 11 is 0. The Morgan fingerprint density at radius 3 is 2.62 bits per heavy atom. The van der Waals surface area contributed by atoms with Crippen LogP contribution in [0.15, 0.2) is 21.5 Å². The van der Waals surface area contributed by atoms with Crippen LogP contribution in [0.25, 0.3) is 0 Å². The lowest BCUT2D eigenvalue weighted by Crippen LogP contribution is -2.45. The van der Waals surface area contributed by atoms with Gasteiger partial charge in [0.15, 0.2) is 5.96 Å². The van der Waals surface area contributed by atoms with Crippen molar-refractivity contribution in [3.05, 3.63) is 23.7 Å². The molecule has 1 fully saturated rings. The number of hydrogen-bond donors (Lipinski definition) is 2.